The zero-order chi connectivity index (χ0) is 13.9. The highest BCUT2D eigenvalue weighted by Gasteiger charge is 2.22. The Morgan fingerprint density at radius 1 is 1.30 bits per heavy atom. The zero-order valence-corrected chi connectivity index (χ0v) is 13.6. The fourth-order valence-electron chi connectivity index (χ4n) is 2.39. The van der Waals surface area contributed by atoms with Crippen LogP contribution in [0.1, 0.15) is 16.5 Å². The molecule has 0 aliphatic carbocycles. The predicted octanol–water partition coefficient (Wildman–Crippen LogP) is 3.79. The van der Waals surface area contributed by atoms with Gasteiger partial charge in [-0.3, -0.25) is 0 Å². The number of ether oxygens (including phenoxy) is 2. The first-order valence-corrected chi connectivity index (χ1v) is 8.24. The normalized spacial score (nSPS) is 15.1. The SMILES string of the molecule is CNC(Cc1sccc1Br)c1cccc2c1OCCO2. The molecule has 0 bridgehead atoms. The Labute approximate surface area is 131 Å². The molecule has 1 aromatic heterocycles. The Morgan fingerprint density at radius 3 is 2.90 bits per heavy atom. The van der Waals surface area contributed by atoms with Crippen LogP contribution in [0.15, 0.2) is 34.1 Å². The Hall–Kier alpha value is -1.04. The third-order valence-corrected chi connectivity index (χ3v) is 5.35. The molecule has 106 valence electrons. The fourth-order valence-corrected chi connectivity index (χ4v) is 3.96. The molecular formula is C15H16BrNO2S. The molecule has 5 heteroatoms. The highest BCUT2D eigenvalue weighted by Crippen LogP contribution is 2.38. The van der Waals surface area contributed by atoms with Crippen molar-refractivity contribution in [2.75, 3.05) is 20.3 Å². The molecule has 0 saturated heterocycles. The molecule has 2 aromatic rings. The van der Waals surface area contributed by atoms with Crippen LogP contribution < -0.4 is 14.8 Å². The van der Waals surface area contributed by atoms with E-state index in [2.05, 4.69) is 38.8 Å². The maximum atomic E-state index is 5.81. The standard InChI is InChI=1S/C15H16BrNO2S/c1-17-12(9-14-11(16)5-8-20-14)10-3-2-4-13-15(10)19-7-6-18-13/h2-5,8,12,17H,6-7,9H2,1H3. The van der Waals surface area contributed by atoms with E-state index in [-0.39, 0.29) is 6.04 Å². The molecule has 2 heterocycles. The minimum absolute atomic E-state index is 0.210. The first-order valence-electron chi connectivity index (χ1n) is 6.57. The number of hydrogen-bond acceptors (Lipinski definition) is 4. The highest BCUT2D eigenvalue weighted by atomic mass is 79.9. The van der Waals surface area contributed by atoms with Crippen LogP contribution in [0.2, 0.25) is 0 Å². The second-order valence-corrected chi connectivity index (χ2v) is 6.46. The molecule has 1 aromatic carbocycles. The van der Waals surface area contributed by atoms with Gasteiger partial charge in [0.15, 0.2) is 11.5 Å². The zero-order valence-electron chi connectivity index (χ0n) is 11.2. The van der Waals surface area contributed by atoms with Crippen molar-refractivity contribution in [2.45, 2.75) is 12.5 Å². The summed E-state index contributed by atoms with van der Waals surface area (Å²) in [4.78, 5) is 1.33. The molecule has 0 fully saturated rings. The van der Waals surface area contributed by atoms with Gasteiger partial charge >= 0.3 is 0 Å². The smallest absolute Gasteiger partial charge is 0.166 e. The van der Waals surface area contributed by atoms with E-state index in [9.17, 15) is 0 Å². The van der Waals surface area contributed by atoms with E-state index in [1.54, 1.807) is 11.3 Å². The Morgan fingerprint density at radius 2 is 2.15 bits per heavy atom. The van der Waals surface area contributed by atoms with Crippen molar-refractivity contribution in [3.63, 3.8) is 0 Å². The van der Waals surface area contributed by atoms with E-state index < -0.39 is 0 Å². The maximum absolute atomic E-state index is 5.81. The number of para-hydroxylation sites is 1. The van der Waals surface area contributed by atoms with Crippen LogP contribution in [0.25, 0.3) is 0 Å². The van der Waals surface area contributed by atoms with Crippen molar-refractivity contribution in [3.05, 3.63) is 44.6 Å². The average molecular weight is 354 g/mol. The Bertz CT molecular complexity index is 599. The van der Waals surface area contributed by atoms with Crippen LogP contribution in [0.5, 0.6) is 11.5 Å². The van der Waals surface area contributed by atoms with Gasteiger partial charge in [0.05, 0.1) is 0 Å². The lowest BCUT2D eigenvalue weighted by molar-refractivity contribution is 0.168. The van der Waals surface area contributed by atoms with E-state index in [4.69, 9.17) is 9.47 Å². The number of likely N-dealkylation sites (N-methyl/N-ethyl adjacent to an activating group) is 1. The fraction of sp³-hybridized carbons (Fsp3) is 0.333. The highest BCUT2D eigenvalue weighted by molar-refractivity contribution is 9.10. The summed E-state index contributed by atoms with van der Waals surface area (Å²) >= 11 is 5.36. The van der Waals surface area contributed by atoms with Crippen molar-refractivity contribution >= 4 is 27.3 Å². The van der Waals surface area contributed by atoms with Gasteiger partial charge in [0.1, 0.15) is 13.2 Å². The topological polar surface area (TPSA) is 30.5 Å². The molecule has 1 N–H and O–H groups in total. The first kappa shape index (κ1) is 13.9. The second-order valence-electron chi connectivity index (χ2n) is 4.61. The number of hydrogen-bond donors (Lipinski definition) is 1. The Kier molecular flexibility index (Phi) is 4.29. The van der Waals surface area contributed by atoms with Gasteiger partial charge in [-0.2, -0.15) is 0 Å². The second kappa shape index (κ2) is 6.16. The molecular weight excluding hydrogens is 338 g/mol. The van der Waals surface area contributed by atoms with Crippen LogP contribution in [-0.2, 0) is 6.42 Å². The summed E-state index contributed by atoms with van der Waals surface area (Å²) in [5, 5.41) is 5.49. The molecule has 0 radical (unpaired) electrons. The average Bonchev–Trinajstić information content (AvgIpc) is 2.89. The summed E-state index contributed by atoms with van der Waals surface area (Å²) in [6, 6.07) is 8.40. The summed E-state index contributed by atoms with van der Waals surface area (Å²) in [5.41, 5.74) is 1.16. The van der Waals surface area contributed by atoms with Gasteiger partial charge in [-0.1, -0.05) is 12.1 Å². The van der Waals surface area contributed by atoms with E-state index in [1.807, 2.05) is 19.2 Å². The number of benzene rings is 1. The number of halogens is 1. The summed E-state index contributed by atoms with van der Waals surface area (Å²) in [6.45, 7) is 1.24. The molecule has 1 atom stereocenters. The molecule has 1 unspecified atom stereocenters. The number of rotatable bonds is 4. The number of nitrogens with one attached hydrogen (secondary N) is 1. The van der Waals surface area contributed by atoms with E-state index in [0.29, 0.717) is 13.2 Å². The van der Waals surface area contributed by atoms with Crippen LogP contribution >= 0.6 is 27.3 Å². The molecule has 0 saturated carbocycles. The van der Waals surface area contributed by atoms with Crippen molar-refractivity contribution in [1.29, 1.82) is 0 Å². The van der Waals surface area contributed by atoms with Crippen molar-refractivity contribution in [1.82, 2.24) is 5.32 Å². The third-order valence-electron chi connectivity index (χ3n) is 3.40. The van der Waals surface area contributed by atoms with Gasteiger partial charge in [0.25, 0.3) is 0 Å². The van der Waals surface area contributed by atoms with Gasteiger partial charge in [-0.25, -0.2) is 0 Å². The minimum atomic E-state index is 0.210. The number of thiophene rings is 1. The van der Waals surface area contributed by atoms with Crippen LogP contribution in [0.3, 0.4) is 0 Å². The molecule has 0 amide bonds. The van der Waals surface area contributed by atoms with Crippen LogP contribution in [-0.4, -0.2) is 20.3 Å². The molecule has 3 rings (SSSR count). The maximum Gasteiger partial charge on any atom is 0.166 e. The van der Waals surface area contributed by atoms with Gasteiger partial charge in [-0.15, -0.1) is 11.3 Å². The van der Waals surface area contributed by atoms with Gasteiger partial charge in [0, 0.05) is 27.4 Å². The van der Waals surface area contributed by atoms with E-state index in [1.165, 1.54) is 9.35 Å². The minimum Gasteiger partial charge on any atom is -0.486 e. The monoisotopic (exact) mass is 353 g/mol. The van der Waals surface area contributed by atoms with Crippen molar-refractivity contribution in [2.24, 2.45) is 0 Å². The Balaban J connectivity index is 1.91. The molecule has 1 aliphatic rings. The summed E-state index contributed by atoms with van der Waals surface area (Å²) in [5.74, 6) is 1.73. The summed E-state index contributed by atoms with van der Waals surface area (Å²) in [6.07, 6.45) is 0.925. The lowest BCUT2D eigenvalue weighted by atomic mass is 10.0. The number of fused-ring (bicyclic) bond motifs is 1. The van der Waals surface area contributed by atoms with Crippen molar-refractivity contribution in [3.8, 4) is 11.5 Å². The predicted molar refractivity (Wildman–Crippen MR) is 85.0 cm³/mol. The van der Waals surface area contributed by atoms with E-state index >= 15 is 0 Å². The van der Waals surface area contributed by atoms with Gasteiger partial charge in [-0.05, 0) is 40.5 Å². The molecule has 0 spiro atoms. The quantitative estimate of drug-likeness (QED) is 0.906. The molecule has 20 heavy (non-hydrogen) atoms. The third kappa shape index (κ3) is 2.71. The van der Waals surface area contributed by atoms with Crippen molar-refractivity contribution < 1.29 is 9.47 Å². The van der Waals surface area contributed by atoms with Gasteiger partial charge in [0.2, 0.25) is 0 Å². The molecule has 1 aliphatic heterocycles. The summed E-state index contributed by atoms with van der Waals surface area (Å²) < 4.78 is 12.6. The van der Waals surface area contributed by atoms with Crippen LogP contribution in [0.4, 0.5) is 0 Å². The van der Waals surface area contributed by atoms with E-state index in [0.717, 1.165) is 23.5 Å². The first-order chi connectivity index (χ1) is 9.79. The largest absolute Gasteiger partial charge is 0.486 e. The lowest BCUT2D eigenvalue weighted by Gasteiger charge is -2.25. The van der Waals surface area contributed by atoms with Gasteiger partial charge < -0.3 is 14.8 Å². The lowest BCUT2D eigenvalue weighted by Crippen LogP contribution is -2.22. The van der Waals surface area contributed by atoms with Crippen LogP contribution in [0, 0.1) is 0 Å². The molecule has 3 nitrogen and oxygen atoms in total. The summed E-state index contributed by atoms with van der Waals surface area (Å²) in [7, 11) is 1.98.